The first kappa shape index (κ1) is 13.6. The second-order valence-electron chi connectivity index (χ2n) is 4.58. The van der Waals surface area contributed by atoms with Crippen LogP contribution in [0.5, 0.6) is 5.75 Å². The molecule has 0 saturated carbocycles. The number of rotatable bonds is 4. The number of phenols is 1. The van der Waals surface area contributed by atoms with E-state index in [0.29, 0.717) is 5.02 Å². The van der Waals surface area contributed by atoms with E-state index in [1.807, 2.05) is 14.1 Å². The topological polar surface area (TPSA) is 35.5 Å². The fourth-order valence-electron chi connectivity index (χ4n) is 1.73. The van der Waals surface area contributed by atoms with Crippen LogP contribution in [0.15, 0.2) is 42.5 Å². The molecule has 0 amide bonds. The zero-order valence-electron chi connectivity index (χ0n) is 11.0. The van der Waals surface area contributed by atoms with Crippen LogP contribution in [0.1, 0.15) is 5.56 Å². The average Bonchev–Trinajstić information content (AvgIpc) is 2.40. The lowest BCUT2D eigenvalue weighted by Crippen LogP contribution is -2.08. The van der Waals surface area contributed by atoms with Gasteiger partial charge in [-0.3, -0.25) is 0 Å². The maximum Gasteiger partial charge on any atom is 0.134 e. The highest BCUT2D eigenvalue weighted by Crippen LogP contribution is 2.26. The van der Waals surface area contributed by atoms with E-state index in [2.05, 4.69) is 34.5 Å². The Balaban J connectivity index is 2.00. The number of hydrogen-bond acceptors (Lipinski definition) is 3. The Hall–Kier alpha value is -1.87. The molecule has 0 saturated heterocycles. The van der Waals surface area contributed by atoms with Crippen LogP contribution < -0.4 is 10.2 Å². The summed E-state index contributed by atoms with van der Waals surface area (Å²) in [6.45, 7) is 0.717. The summed E-state index contributed by atoms with van der Waals surface area (Å²) >= 11 is 5.86. The van der Waals surface area contributed by atoms with Crippen molar-refractivity contribution in [2.24, 2.45) is 0 Å². The van der Waals surface area contributed by atoms with E-state index >= 15 is 0 Å². The van der Waals surface area contributed by atoms with Crippen molar-refractivity contribution < 1.29 is 5.11 Å². The Labute approximate surface area is 118 Å². The van der Waals surface area contributed by atoms with Crippen LogP contribution in [-0.2, 0) is 6.54 Å². The predicted molar refractivity (Wildman–Crippen MR) is 81.2 cm³/mol. The third kappa shape index (κ3) is 3.55. The van der Waals surface area contributed by atoms with Gasteiger partial charge in [-0.25, -0.2) is 0 Å². The van der Waals surface area contributed by atoms with Crippen molar-refractivity contribution in [1.82, 2.24) is 0 Å². The molecule has 2 rings (SSSR count). The lowest BCUT2D eigenvalue weighted by molar-refractivity contribution is 0.475. The summed E-state index contributed by atoms with van der Waals surface area (Å²) in [6.07, 6.45) is 0. The van der Waals surface area contributed by atoms with Gasteiger partial charge in [-0.05, 0) is 35.9 Å². The summed E-state index contributed by atoms with van der Waals surface area (Å²) in [7, 11) is 4.04. The van der Waals surface area contributed by atoms with E-state index in [0.717, 1.165) is 12.2 Å². The third-order valence-corrected chi connectivity index (χ3v) is 3.20. The largest absolute Gasteiger partial charge is 0.506 e. The molecule has 0 unspecified atom stereocenters. The Kier molecular flexibility index (Phi) is 4.17. The van der Waals surface area contributed by atoms with Crippen LogP contribution >= 0.6 is 11.6 Å². The van der Waals surface area contributed by atoms with Crippen LogP contribution in [0.2, 0.25) is 5.02 Å². The van der Waals surface area contributed by atoms with E-state index < -0.39 is 0 Å². The van der Waals surface area contributed by atoms with Crippen molar-refractivity contribution in [2.75, 3.05) is 24.3 Å². The van der Waals surface area contributed by atoms with Crippen LogP contribution in [-0.4, -0.2) is 19.2 Å². The summed E-state index contributed by atoms with van der Waals surface area (Å²) < 4.78 is 0. The molecule has 0 aliphatic carbocycles. The fourth-order valence-corrected chi connectivity index (χ4v) is 1.91. The first-order valence-electron chi connectivity index (χ1n) is 6.05. The smallest absolute Gasteiger partial charge is 0.134 e. The number of nitrogens with zero attached hydrogens (tertiary/aromatic N) is 1. The molecule has 0 aromatic heterocycles. The number of hydrogen-bond donors (Lipinski definition) is 2. The van der Waals surface area contributed by atoms with Crippen molar-refractivity contribution in [2.45, 2.75) is 6.54 Å². The molecule has 3 nitrogen and oxygen atoms in total. The van der Waals surface area contributed by atoms with Gasteiger partial charge in [0.2, 0.25) is 0 Å². The maximum absolute atomic E-state index is 9.35. The molecule has 0 aliphatic heterocycles. The van der Waals surface area contributed by atoms with E-state index in [9.17, 15) is 5.11 Å². The lowest BCUT2D eigenvalue weighted by Gasteiger charge is -2.13. The van der Waals surface area contributed by atoms with Gasteiger partial charge in [-0.2, -0.15) is 0 Å². The zero-order chi connectivity index (χ0) is 13.8. The summed E-state index contributed by atoms with van der Waals surface area (Å²) in [4.78, 5) is 2.07. The SMILES string of the molecule is CN(C)c1ccc(CNc2ccc(O)c(Cl)c2)cc1. The molecular weight excluding hydrogens is 260 g/mol. The van der Waals surface area contributed by atoms with Crippen molar-refractivity contribution >= 4 is 23.0 Å². The van der Waals surface area contributed by atoms with Gasteiger partial charge >= 0.3 is 0 Å². The molecule has 0 aliphatic rings. The van der Waals surface area contributed by atoms with Crippen LogP contribution in [0, 0.1) is 0 Å². The number of aromatic hydroxyl groups is 1. The highest BCUT2D eigenvalue weighted by atomic mass is 35.5. The Morgan fingerprint density at radius 3 is 2.37 bits per heavy atom. The predicted octanol–water partition coefficient (Wildman–Crippen LogP) is 3.72. The first-order valence-corrected chi connectivity index (χ1v) is 6.43. The third-order valence-electron chi connectivity index (χ3n) is 2.90. The summed E-state index contributed by atoms with van der Waals surface area (Å²) in [5.41, 5.74) is 3.26. The number of anilines is 2. The van der Waals surface area contributed by atoms with E-state index in [1.54, 1.807) is 18.2 Å². The fraction of sp³-hybridized carbons (Fsp3) is 0.200. The summed E-state index contributed by atoms with van der Waals surface area (Å²) in [6, 6.07) is 13.4. The molecule has 0 spiro atoms. The first-order chi connectivity index (χ1) is 9.06. The molecule has 0 heterocycles. The van der Waals surface area contributed by atoms with Gasteiger partial charge in [0.15, 0.2) is 0 Å². The minimum Gasteiger partial charge on any atom is -0.506 e. The van der Waals surface area contributed by atoms with E-state index in [1.165, 1.54) is 11.3 Å². The normalized spacial score (nSPS) is 10.3. The molecule has 0 bridgehead atoms. The number of nitrogens with one attached hydrogen (secondary N) is 1. The molecule has 2 aromatic carbocycles. The Morgan fingerprint density at radius 2 is 1.79 bits per heavy atom. The van der Waals surface area contributed by atoms with Gasteiger partial charge < -0.3 is 15.3 Å². The number of halogens is 1. The molecular formula is C15H17ClN2O. The summed E-state index contributed by atoms with van der Waals surface area (Å²) in [5, 5.41) is 13.0. The van der Waals surface area contributed by atoms with Crippen molar-refractivity contribution in [3.8, 4) is 5.75 Å². The Bertz CT molecular complexity index is 553. The van der Waals surface area contributed by atoms with Crippen molar-refractivity contribution in [3.05, 3.63) is 53.1 Å². The molecule has 4 heteroatoms. The second kappa shape index (κ2) is 5.85. The molecule has 0 fully saturated rings. The maximum atomic E-state index is 9.35. The van der Waals surface area contributed by atoms with Crippen LogP contribution in [0.4, 0.5) is 11.4 Å². The lowest BCUT2D eigenvalue weighted by atomic mass is 10.2. The molecule has 100 valence electrons. The molecule has 2 N–H and O–H groups in total. The highest BCUT2D eigenvalue weighted by Gasteiger charge is 2.00. The second-order valence-corrected chi connectivity index (χ2v) is 4.99. The van der Waals surface area contributed by atoms with Gasteiger partial charge in [0.25, 0.3) is 0 Å². The van der Waals surface area contributed by atoms with E-state index in [-0.39, 0.29) is 5.75 Å². The Morgan fingerprint density at radius 1 is 1.11 bits per heavy atom. The van der Waals surface area contributed by atoms with Gasteiger partial charge in [-0.15, -0.1) is 0 Å². The minimum atomic E-state index is 0.0996. The van der Waals surface area contributed by atoms with Crippen molar-refractivity contribution in [1.29, 1.82) is 0 Å². The standard InChI is InChI=1S/C15H17ClN2O/c1-18(2)13-6-3-11(4-7-13)10-17-12-5-8-15(19)14(16)9-12/h3-9,17,19H,10H2,1-2H3. The molecule has 0 atom stereocenters. The zero-order valence-corrected chi connectivity index (χ0v) is 11.8. The molecule has 0 radical (unpaired) electrons. The van der Waals surface area contributed by atoms with Crippen LogP contribution in [0.25, 0.3) is 0 Å². The number of benzene rings is 2. The number of phenolic OH excluding ortho intramolecular Hbond substituents is 1. The molecule has 19 heavy (non-hydrogen) atoms. The molecule has 2 aromatic rings. The minimum absolute atomic E-state index is 0.0996. The highest BCUT2D eigenvalue weighted by molar-refractivity contribution is 6.32. The van der Waals surface area contributed by atoms with Gasteiger partial charge in [0.05, 0.1) is 5.02 Å². The van der Waals surface area contributed by atoms with E-state index in [4.69, 9.17) is 11.6 Å². The van der Waals surface area contributed by atoms with Gasteiger partial charge in [-0.1, -0.05) is 23.7 Å². The van der Waals surface area contributed by atoms with Gasteiger partial charge in [0, 0.05) is 32.0 Å². The summed E-state index contributed by atoms with van der Waals surface area (Å²) in [5.74, 6) is 0.0996. The average molecular weight is 277 g/mol. The van der Waals surface area contributed by atoms with Gasteiger partial charge in [0.1, 0.15) is 5.75 Å². The van der Waals surface area contributed by atoms with Crippen LogP contribution in [0.3, 0.4) is 0 Å². The quantitative estimate of drug-likeness (QED) is 0.836. The van der Waals surface area contributed by atoms with Crippen molar-refractivity contribution in [3.63, 3.8) is 0 Å². The monoisotopic (exact) mass is 276 g/mol.